The van der Waals surface area contributed by atoms with Crippen LogP contribution in [0.1, 0.15) is 6.23 Å². The summed E-state index contributed by atoms with van der Waals surface area (Å²) in [6, 6.07) is 1.23. The summed E-state index contributed by atoms with van der Waals surface area (Å²) < 4.78 is 46.2. The molecule has 15 heteroatoms. The van der Waals surface area contributed by atoms with E-state index < -0.39 is 51.8 Å². The van der Waals surface area contributed by atoms with Crippen molar-refractivity contribution in [2.75, 3.05) is 18.2 Å². The van der Waals surface area contributed by atoms with Gasteiger partial charge in [0, 0.05) is 11.8 Å². The number of halogens is 1. The lowest BCUT2D eigenvalue weighted by Gasteiger charge is -2.18. The Morgan fingerprint density at radius 1 is 1.42 bits per heavy atom. The SMILES string of the molecule is Nc1ccn([C@@H]2O[C@H](COP(=O)(O)CP(=O)(O)O)C(O)/C2=C\F)c(=O)n1. The number of nitrogens with two attached hydrogens (primary N) is 1. The van der Waals surface area contributed by atoms with Gasteiger partial charge in [-0.3, -0.25) is 13.7 Å². The second-order valence-electron chi connectivity index (χ2n) is 5.36. The second kappa shape index (κ2) is 7.67. The monoisotopic (exact) mass is 415 g/mol. The maximum absolute atomic E-state index is 13.2. The van der Waals surface area contributed by atoms with Gasteiger partial charge >= 0.3 is 20.9 Å². The Balaban J connectivity index is 2.16. The minimum Gasteiger partial charge on any atom is -0.386 e. The van der Waals surface area contributed by atoms with Gasteiger partial charge in [0.05, 0.1) is 12.9 Å². The van der Waals surface area contributed by atoms with Gasteiger partial charge in [-0.2, -0.15) is 4.98 Å². The summed E-state index contributed by atoms with van der Waals surface area (Å²) >= 11 is 0. The highest BCUT2D eigenvalue weighted by molar-refractivity contribution is 7.70. The first-order valence-corrected chi connectivity index (χ1v) is 10.5. The number of aliphatic hydroxyl groups excluding tert-OH is 1. The van der Waals surface area contributed by atoms with E-state index in [-0.39, 0.29) is 17.7 Å². The van der Waals surface area contributed by atoms with E-state index in [1.165, 1.54) is 6.07 Å². The predicted octanol–water partition coefficient (Wildman–Crippen LogP) is -0.726. The molecule has 6 N–H and O–H groups in total. The minimum atomic E-state index is -4.83. The standard InChI is InChI=1S/C11H16FN3O9P2/c12-3-6-9(16)7(4-23-26(21,22)5-25(18,19)20)24-10(6)15-2-1-8(13)14-11(15)17/h1-3,7,9-10,16H,4-5H2,(H,21,22)(H2,13,14,17)(H2,18,19,20)/b6-3+/t7-,9?,10-/m1/s1. The maximum Gasteiger partial charge on any atom is 0.351 e. The lowest BCUT2D eigenvalue weighted by molar-refractivity contribution is -0.0410. The number of ether oxygens (including phenoxy) is 1. The molecule has 0 saturated carbocycles. The molecule has 4 atom stereocenters. The van der Waals surface area contributed by atoms with Gasteiger partial charge in [-0.1, -0.05) is 0 Å². The molecule has 1 fully saturated rings. The molecule has 1 saturated heterocycles. The molecule has 1 aliphatic heterocycles. The lowest BCUT2D eigenvalue weighted by Crippen LogP contribution is -2.28. The number of hydrogen-bond acceptors (Lipinski definition) is 8. The van der Waals surface area contributed by atoms with Crippen LogP contribution in [0.25, 0.3) is 0 Å². The van der Waals surface area contributed by atoms with E-state index in [0.29, 0.717) is 0 Å². The Hall–Kier alpha value is -1.43. The van der Waals surface area contributed by atoms with Crippen molar-refractivity contribution < 1.29 is 42.6 Å². The normalized spacial score (nSPS) is 27.6. The molecule has 26 heavy (non-hydrogen) atoms. The van der Waals surface area contributed by atoms with Crippen LogP contribution in [-0.4, -0.2) is 54.1 Å². The van der Waals surface area contributed by atoms with Crippen LogP contribution in [0.3, 0.4) is 0 Å². The molecule has 2 rings (SSSR count). The number of aromatic nitrogens is 2. The number of rotatable bonds is 6. The van der Waals surface area contributed by atoms with Crippen molar-refractivity contribution in [3.8, 4) is 0 Å². The average molecular weight is 415 g/mol. The zero-order chi connectivity index (χ0) is 19.7. The zero-order valence-corrected chi connectivity index (χ0v) is 14.7. The highest BCUT2D eigenvalue weighted by Crippen LogP contribution is 2.55. The first-order valence-electron chi connectivity index (χ1n) is 6.93. The van der Waals surface area contributed by atoms with Gasteiger partial charge in [-0.25, -0.2) is 9.18 Å². The second-order valence-corrected chi connectivity index (χ2v) is 9.36. The fourth-order valence-electron chi connectivity index (χ4n) is 2.22. The van der Waals surface area contributed by atoms with Crippen molar-refractivity contribution in [1.29, 1.82) is 0 Å². The van der Waals surface area contributed by atoms with E-state index in [2.05, 4.69) is 9.51 Å². The van der Waals surface area contributed by atoms with Crippen LogP contribution in [0.5, 0.6) is 0 Å². The molecule has 12 nitrogen and oxygen atoms in total. The summed E-state index contributed by atoms with van der Waals surface area (Å²) in [5, 5.41) is 10.1. The molecule has 146 valence electrons. The van der Waals surface area contributed by atoms with Crippen LogP contribution in [0.4, 0.5) is 10.2 Å². The fourth-order valence-corrected chi connectivity index (χ4v) is 4.79. The van der Waals surface area contributed by atoms with E-state index in [0.717, 1.165) is 10.8 Å². The van der Waals surface area contributed by atoms with Crippen molar-refractivity contribution in [2.45, 2.75) is 18.4 Å². The van der Waals surface area contributed by atoms with E-state index in [9.17, 15) is 28.3 Å². The topological polar surface area (TPSA) is 194 Å². The molecule has 0 spiro atoms. The van der Waals surface area contributed by atoms with Gasteiger partial charge in [-0.15, -0.1) is 0 Å². The maximum atomic E-state index is 13.2. The molecular formula is C11H16FN3O9P2. The van der Waals surface area contributed by atoms with Gasteiger partial charge < -0.3 is 34.8 Å². The minimum absolute atomic E-state index is 0.00626. The third-order valence-corrected chi connectivity index (χ3v) is 6.77. The Morgan fingerprint density at radius 2 is 2.08 bits per heavy atom. The van der Waals surface area contributed by atoms with Crippen molar-refractivity contribution in [1.82, 2.24) is 9.55 Å². The van der Waals surface area contributed by atoms with Crippen molar-refractivity contribution in [3.05, 3.63) is 34.7 Å². The molecule has 0 amide bonds. The van der Waals surface area contributed by atoms with Crippen LogP contribution >= 0.6 is 15.2 Å². The number of nitrogens with zero attached hydrogens (tertiary/aromatic N) is 2. The Morgan fingerprint density at radius 3 is 2.62 bits per heavy atom. The van der Waals surface area contributed by atoms with Crippen molar-refractivity contribution in [2.24, 2.45) is 0 Å². The first kappa shape index (κ1) is 20.9. The van der Waals surface area contributed by atoms with E-state index in [1.54, 1.807) is 0 Å². The van der Waals surface area contributed by atoms with E-state index in [4.69, 9.17) is 20.3 Å². The molecular weight excluding hydrogens is 399 g/mol. The van der Waals surface area contributed by atoms with Gasteiger partial charge in [-0.05, 0) is 6.07 Å². The van der Waals surface area contributed by atoms with Gasteiger partial charge in [0.15, 0.2) is 12.1 Å². The summed E-state index contributed by atoms with van der Waals surface area (Å²) in [6.07, 6.45) is -3.29. The van der Waals surface area contributed by atoms with E-state index >= 15 is 0 Å². The highest BCUT2D eigenvalue weighted by Gasteiger charge is 2.42. The summed E-state index contributed by atoms with van der Waals surface area (Å²) in [4.78, 5) is 42.1. The summed E-state index contributed by atoms with van der Waals surface area (Å²) in [6.45, 7) is -0.792. The first-order chi connectivity index (χ1) is 11.9. The predicted molar refractivity (Wildman–Crippen MR) is 84.7 cm³/mol. The number of hydrogen-bond donors (Lipinski definition) is 5. The molecule has 0 bridgehead atoms. The molecule has 0 aliphatic carbocycles. The zero-order valence-electron chi connectivity index (χ0n) is 13.0. The summed E-state index contributed by atoms with van der Waals surface area (Å²) in [7, 11) is -9.53. The van der Waals surface area contributed by atoms with E-state index in [1.807, 2.05) is 0 Å². The quantitative estimate of drug-likeness (QED) is 0.368. The molecule has 1 aromatic rings. The number of anilines is 1. The highest BCUT2D eigenvalue weighted by atomic mass is 31.2. The van der Waals surface area contributed by atoms with Crippen LogP contribution in [0.2, 0.25) is 0 Å². The smallest absolute Gasteiger partial charge is 0.351 e. The molecule has 2 heterocycles. The Bertz CT molecular complexity index is 854. The Labute approximate surface area is 145 Å². The molecule has 0 radical (unpaired) electrons. The number of nitrogen functional groups attached to an aromatic ring is 1. The summed E-state index contributed by atoms with van der Waals surface area (Å²) in [5.41, 5.74) is 4.08. The Kier molecular flexibility index (Phi) is 6.16. The largest absolute Gasteiger partial charge is 0.386 e. The van der Waals surface area contributed by atoms with Crippen molar-refractivity contribution in [3.63, 3.8) is 0 Å². The number of aliphatic hydroxyl groups is 1. The van der Waals surface area contributed by atoms with Crippen LogP contribution < -0.4 is 11.4 Å². The van der Waals surface area contributed by atoms with Gasteiger partial charge in [0.2, 0.25) is 0 Å². The molecule has 1 aromatic heterocycles. The van der Waals surface area contributed by atoms with Crippen molar-refractivity contribution >= 4 is 21.0 Å². The lowest BCUT2D eigenvalue weighted by atomic mass is 10.1. The van der Waals surface area contributed by atoms with Crippen LogP contribution in [-0.2, 0) is 18.4 Å². The molecule has 2 unspecified atom stereocenters. The summed E-state index contributed by atoms with van der Waals surface area (Å²) in [5.74, 6) is -1.52. The molecule has 1 aliphatic rings. The average Bonchev–Trinajstić information content (AvgIpc) is 2.79. The third kappa shape index (κ3) is 5.06. The van der Waals surface area contributed by atoms with Gasteiger partial charge in [0.1, 0.15) is 18.0 Å². The van der Waals surface area contributed by atoms with Crippen LogP contribution in [0, 0.1) is 0 Å². The van der Waals surface area contributed by atoms with Gasteiger partial charge in [0.25, 0.3) is 0 Å². The third-order valence-electron chi connectivity index (χ3n) is 3.32. The molecule has 0 aromatic carbocycles. The fraction of sp³-hybridized carbons (Fsp3) is 0.455. The van der Waals surface area contributed by atoms with Crippen LogP contribution in [0.15, 0.2) is 29.0 Å².